The molecule has 0 spiro atoms. The number of rotatable bonds is 6. The highest BCUT2D eigenvalue weighted by Crippen LogP contribution is 2.29. The van der Waals surface area contributed by atoms with Crippen molar-refractivity contribution < 1.29 is 9.84 Å². The van der Waals surface area contributed by atoms with Crippen LogP contribution in [0.2, 0.25) is 0 Å². The summed E-state index contributed by atoms with van der Waals surface area (Å²) in [6.45, 7) is 6.73. The zero-order valence-electron chi connectivity index (χ0n) is 18.2. The molecule has 0 radical (unpaired) electrons. The predicted octanol–water partition coefficient (Wildman–Crippen LogP) is 6.83. The first-order valence-electron chi connectivity index (χ1n) is 10.2. The molecule has 0 aliphatic heterocycles. The summed E-state index contributed by atoms with van der Waals surface area (Å²) < 4.78 is 5.53. The van der Waals surface area contributed by atoms with Gasteiger partial charge in [0.05, 0.1) is 13.7 Å². The fourth-order valence-electron chi connectivity index (χ4n) is 3.16. The maximum atomic E-state index is 9.13. The van der Waals surface area contributed by atoms with E-state index in [9.17, 15) is 0 Å². The lowest BCUT2D eigenvalue weighted by atomic mass is 9.86. The maximum absolute atomic E-state index is 9.13. The summed E-state index contributed by atoms with van der Waals surface area (Å²) in [5.74, 6) is 0.881. The fraction of sp³-hybridized carbons (Fsp3) is 0.214. The van der Waals surface area contributed by atoms with Gasteiger partial charge < -0.3 is 9.84 Å². The molecule has 0 aromatic heterocycles. The third-order valence-corrected chi connectivity index (χ3v) is 5.12. The van der Waals surface area contributed by atoms with Gasteiger partial charge in [-0.25, -0.2) is 0 Å². The Labute approximate surface area is 180 Å². The van der Waals surface area contributed by atoms with E-state index in [4.69, 9.17) is 9.84 Å². The number of aliphatic hydroxyl groups is 1. The number of aliphatic hydroxyl groups excluding tert-OH is 1. The summed E-state index contributed by atoms with van der Waals surface area (Å²) in [4.78, 5) is 0. The van der Waals surface area contributed by atoms with Crippen LogP contribution in [-0.2, 0) is 12.0 Å². The molecule has 0 aliphatic carbocycles. The van der Waals surface area contributed by atoms with Crippen LogP contribution in [0.15, 0.2) is 66.7 Å². The lowest BCUT2D eigenvalue weighted by Gasteiger charge is -2.20. The fourth-order valence-corrected chi connectivity index (χ4v) is 3.16. The van der Waals surface area contributed by atoms with Gasteiger partial charge in [-0.15, -0.1) is 0 Å². The van der Waals surface area contributed by atoms with Crippen molar-refractivity contribution in [1.29, 1.82) is 0 Å². The number of ether oxygens (including phenoxy) is 1. The van der Waals surface area contributed by atoms with E-state index in [0.29, 0.717) is 0 Å². The first kappa shape index (κ1) is 21.6. The van der Waals surface area contributed by atoms with Crippen molar-refractivity contribution >= 4 is 24.3 Å². The summed E-state index contributed by atoms with van der Waals surface area (Å²) in [5.41, 5.74) is 6.79. The van der Waals surface area contributed by atoms with Crippen molar-refractivity contribution in [2.24, 2.45) is 0 Å². The summed E-state index contributed by atoms with van der Waals surface area (Å²) in [6.07, 6.45) is 8.40. The van der Waals surface area contributed by atoms with E-state index >= 15 is 0 Å². The Hall–Kier alpha value is -3.10. The van der Waals surface area contributed by atoms with Crippen LogP contribution < -0.4 is 4.74 Å². The van der Waals surface area contributed by atoms with Crippen molar-refractivity contribution in [2.75, 3.05) is 7.11 Å². The topological polar surface area (TPSA) is 29.5 Å². The smallest absolute Gasteiger partial charge is 0.126 e. The Kier molecular flexibility index (Phi) is 6.91. The largest absolute Gasteiger partial charge is 0.496 e. The molecular formula is C28H30O2. The van der Waals surface area contributed by atoms with E-state index in [2.05, 4.69) is 81.5 Å². The number of methoxy groups -OCH3 is 1. The Morgan fingerprint density at radius 1 is 0.733 bits per heavy atom. The molecule has 0 heterocycles. The van der Waals surface area contributed by atoms with Gasteiger partial charge in [-0.2, -0.15) is 0 Å². The molecule has 1 N–H and O–H groups in total. The highest BCUT2D eigenvalue weighted by molar-refractivity contribution is 5.75. The SMILES string of the molecule is COc1ccc(C(C)(C)C)cc1C=Cc1ccc(C=Cc2ccc(CO)cc2)cc1. The quantitative estimate of drug-likeness (QED) is 0.461. The first-order chi connectivity index (χ1) is 14.4. The lowest BCUT2D eigenvalue weighted by molar-refractivity contribution is 0.282. The van der Waals surface area contributed by atoms with Crippen LogP contribution in [0, 0.1) is 0 Å². The molecule has 0 saturated carbocycles. The molecular weight excluding hydrogens is 368 g/mol. The Bertz CT molecular complexity index is 1020. The third kappa shape index (κ3) is 5.71. The monoisotopic (exact) mass is 398 g/mol. The summed E-state index contributed by atoms with van der Waals surface area (Å²) in [7, 11) is 1.71. The predicted molar refractivity (Wildman–Crippen MR) is 128 cm³/mol. The molecule has 3 rings (SSSR count). The minimum absolute atomic E-state index is 0.0747. The lowest BCUT2D eigenvalue weighted by Crippen LogP contribution is -2.11. The second kappa shape index (κ2) is 9.60. The van der Waals surface area contributed by atoms with Gasteiger partial charge in [-0.05, 0) is 45.4 Å². The number of hydrogen-bond donors (Lipinski definition) is 1. The van der Waals surface area contributed by atoms with E-state index < -0.39 is 0 Å². The van der Waals surface area contributed by atoms with Gasteiger partial charge in [0.15, 0.2) is 0 Å². The highest BCUT2D eigenvalue weighted by atomic mass is 16.5. The Morgan fingerprint density at radius 2 is 1.23 bits per heavy atom. The highest BCUT2D eigenvalue weighted by Gasteiger charge is 2.15. The van der Waals surface area contributed by atoms with E-state index in [-0.39, 0.29) is 12.0 Å². The first-order valence-corrected chi connectivity index (χ1v) is 10.2. The van der Waals surface area contributed by atoms with Gasteiger partial charge in [-0.1, -0.05) is 99.7 Å². The summed E-state index contributed by atoms with van der Waals surface area (Å²) in [6, 6.07) is 22.7. The van der Waals surface area contributed by atoms with E-state index in [0.717, 1.165) is 33.6 Å². The zero-order valence-corrected chi connectivity index (χ0v) is 18.2. The van der Waals surface area contributed by atoms with Crippen LogP contribution >= 0.6 is 0 Å². The third-order valence-electron chi connectivity index (χ3n) is 5.12. The molecule has 0 unspecified atom stereocenters. The minimum Gasteiger partial charge on any atom is -0.496 e. The summed E-state index contributed by atoms with van der Waals surface area (Å²) >= 11 is 0. The molecule has 2 nitrogen and oxygen atoms in total. The standard InChI is InChI=1S/C28H30O2/c1-28(2,3)26-17-18-27(30-4)25(19-26)16-15-23-9-7-21(8-10-23)5-6-22-11-13-24(20-29)14-12-22/h5-19,29H,20H2,1-4H3. The molecule has 2 heteroatoms. The van der Waals surface area contributed by atoms with Crippen molar-refractivity contribution in [2.45, 2.75) is 32.8 Å². The average molecular weight is 399 g/mol. The normalized spacial score (nSPS) is 12.0. The molecule has 0 atom stereocenters. The van der Waals surface area contributed by atoms with Gasteiger partial charge >= 0.3 is 0 Å². The van der Waals surface area contributed by atoms with Crippen molar-refractivity contribution in [1.82, 2.24) is 0 Å². The van der Waals surface area contributed by atoms with Crippen LogP contribution in [-0.4, -0.2) is 12.2 Å². The second-order valence-electron chi connectivity index (χ2n) is 8.44. The summed E-state index contributed by atoms with van der Waals surface area (Å²) in [5, 5.41) is 9.13. The van der Waals surface area contributed by atoms with Crippen LogP contribution in [0.1, 0.15) is 54.2 Å². The van der Waals surface area contributed by atoms with Crippen molar-refractivity contribution in [3.8, 4) is 5.75 Å². The van der Waals surface area contributed by atoms with Crippen LogP contribution in [0.4, 0.5) is 0 Å². The zero-order chi connectivity index (χ0) is 21.6. The van der Waals surface area contributed by atoms with Crippen LogP contribution in [0.5, 0.6) is 5.75 Å². The molecule has 0 saturated heterocycles. The molecule has 3 aromatic carbocycles. The van der Waals surface area contributed by atoms with E-state index in [1.54, 1.807) is 7.11 Å². The second-order valence-corrected chi connectivity index (χ2v) is 8.44. The van der Waals surface area contributed by atoms with Gasteiger partial charge in [0.2, 0.25) is 0 Å². The molecule has 0 fully saturated rings. The molecule has 3 aromatic rings. The average Bonchev–Trinajstić information content (AvgIpc) is 2.76. The van der Waals surface area contributed by atoms with Gasteiger partial charge in [0.1, 0.15) is 5.75 Å². The van der Waals surface area contributed by atoms with Crippen molar-refractivity contribution in [3.05, 3.63) is 100 Å². The molecule has 0 bridgehead atoms. The Morgan fingerprint density at radius 3 is 1.70 bits per heavy atom. The maximum Gasteiger partial charge on any atom is 0.126 e. The molecule has 154 valence electrons. The van der Waals surface area contributed by atoms with Crippen molar-refractivity contribution in [3.63, 3.8) is 0 Å². The molecule has 0 amide bonds. The number of benzene rings is 3. The Balaban J connectivity index is 1.73. The molecule has 0 aliphatic rings. The van der Waals surface area contributed by atoms with Gasteiger partial charge in [0.25, 0.3) is 0 Å². The van der Waals surface area contributed by atoms with E-state index in [1.165, 1.54) is 5.56 Å². The van der Waals surface area contributed by atoms with Crippen LogP contribution in [0.3, 0.4) is 0 Å². The number of hydrogen-bond acceptors (Lipinski definition) is 2. The van der Waals surface area contributed by atoms with E-state index in [1.807, 2.05) is 30.3 Å². The van der Waals surface area contributed by atoms with Gasteiger partial charge in [0, 0.05) is 5.56 Å². The van der Waals surface area contributed by atoms with Crippen LogP contribution in [0.25, 0.3) is 24.3 Å². The minimum atomic E-state index is 0.0747. The molecule has 30 heavy (non-hydrogen) atoms. The van der Waals surface area contributed by atoms with Gasteiger partial charge in [-0.3, -0.25) is 0 Å².